The van der Waals surface area contributed by atoms with Gasteiger partial charge >= 0.3 is 0 Å². The van der Waals surface area contributed by atoms with Crippen LogP contribution in [0.15, 0.2) is 53.5 Å². The zero-order valence-corrected chi connectivity index (χ0v) is 19.3. The van der Waals surface area contributed by atoms with E-state index in [9.17, 15) is 4.79 Å². The molecule has 5 nitrogen and oxygen atoms in total. The molecule has 2 aromatic carbocycles. The zero-order chi connectivity index (χ0) is 19.3. The third kappa shape index (κ3) is 4.91. The van der Waals surface area contributed by atoms with E-state index in [4.69, 9.17) is 0 Å². The van der Waals surface area contributed by atoms with Crippen molar-refractivity contribution in [3.05, 3.63) is 65.2 Å². The van der Waals surface area contributed by atoms with Crippen LogP contribution < -0.4 is 10.2 Å². The second-order valence-corrected chi connectivity index (χ2v) is 7.48. The van der Waals surface area contributed by atoms with Gasteiger partial charge in [-0.1, -0.05) is 30.3 Å². The Morgan fingerprint density at radius 2 is 1.72 bits per heavy atom. The van der Waals surface area contributed by atoms with Crippen molar-refractivity contribution in [1.82, 2.24) is 10.2 Å². The summed E-state index contributed by atoms with van der Waals surface area (Å²) in [6.07, 6.45) is 4.51. The van der Waals surface area contributed by atoms with Crippen molar-refractivity contribution in [3.63, 3.8) is 0 Å². The fraction of sp³-hybridized carbons (Fsp3) is 0.391. The van der Waals surface area contributed by atoms with Gasteiger partial charge in [0.2, 0.25) is 0 Å². The molecule has 29 heavy (non-hydrogen) atoms. The maximum atomic E-state index is 12.6. The number of fused-ring (bicyclic) bond motifs is 1. The summed E-state index contributed by atoms with van der Waals surface area (Å²) >= 11 is 0. The lowest BCUT2D eigenvalue weighted by molar-refractivity contribution is 0.0724. The number of aliphatic imine (C=N–C) groups is 1. The summed E-state index contributed by atoms with van der Waals surface area (Å²) in [6.45, 7) is 3.40. The summed E-state index contributed by atoms with van der Waals surface area (Å²) in [6, 6.07) is 16.5. The first kappa shape index (κ1) is 21.6. The third-order valence-electron chi connectivity index (χ3n) is 5.65. The molecule has 0 saturated carbocycles. The van der Waals surface area contributed by atoms with Crippen LogP contribution in [0, 0.1) is 0 Å². The number of likely N-dealkylation sites (tertiary alicyclic amines) is 1. The van der Waals surface area contributed by atoms with Crippen LogP contribution in [0.5, 0.6) is 0 Å². The lowest BCUT2D eigenvalue weighted by Crippen LogP contribution is -2.40. The second kappa shape index (κ2) is 10.1. The van der Waals surface area contributed by atoms with Gasteiger partial charge in [0.05, 0.1) is 0 Å². The number of nitrogens with zero attached hydrogens (tertiary/aromatic N) is 3. The minimum atomic E-state index is 0. The number of carbonyl (C=O) groups is 1. The molecule has 4 rings (SSSR count). The number of anilines is 1. The van der Waals surface area contributed by atoms with Crippen LogP contribution in [0.25, 0.3) is 0 Å². The molecule has 2 aliphatic rings. The minimum Gasteiger partial charge on any atom is -0.352 e. The van der Waals surface area contributed by atoms with Gasteiger partial charge in [-0.15, -0.1) is 24.0 Å². The number of benzene rings is 2. The van der Waals surface area contributed by atoms with Crippen molar-refractivity contribution in [3.8, 4) is 0 Å². The average Bonchev–Trinajstić information content (AvgIpc) is 3.19. The molecule has 2 aromatic rings. The summed E-state index contributed by atoms with van der Waals surface area (Å²) in [5.74, 6) is 1.04. The summed E-state index contributed by atoms with van der Waals surface area (Å²) in [5.41, 5.74) is 4.52. The van der Waals surface area contributed by atoms with Gasteiger partial charge in [-0.05, 0) is 55.0 Å². The van der Waals surface area contributed by atoms with Gasteiger partial charge in [0.15, 0.2) is 5.96 Å². The van der Waals surface area contributed by atoms with Crippen LogP contribution in [0.3, 0.4) is 0 Å². The Hall–Kier alpha value is -2.09. The van der Waals surface area contributed by atoms with Crippen LogP contribution >= 0.6 is 24.0 Å². The molecule has 0 bridgehead atoms. The fourth-order valence-electron chi connectivity index (χ4n) is 4.08. The molecule has 0 atom stereocenters. The molecule has 2 heterocycles. The maximum Gasteiger partial charge on any atom is 0.253 e. The Kier molecular flexibility index (Phi) is 7.52. The first-order chi connectivity index (χ1) is 13.8. The third-order valence-corrected chi connectivity index (χ3v) is 5.65. The fourth-order valence-corrected chi connectivity index (χ4v) is 4.08. The predicted molar refractivity (Wildman–Crippen MR) is 129 cm³/mol. The van der Waals surface area contributed by atoms with E-state index in [1.54, 1.807) is 0 Å². The van der Waals surface area contributed by atoms with Crippen molar-refractivity contribution >= 4 is 41.5 Å². The maximum absolute atomic E-state index is 12.6. The topological polar surface area (TPSA) is 47.9 Å². The first-order valence-corrected chi connectivity index (χ1v) is 10.2. The Morgan fingerprint density at radius 1 is 1.00 bits per heavy atom. The number of piperidine rings is 1. The largest absolute Gasteiger partial charge is 0.352 e. The van der Waals surface area contributed by atoms with Crippen LogP contribution in [-0.2, 0) is 13.0 Å². The number of amides is 1. The van der Waals surface area contributed by atoms with Gasteiger partial charge in [0.25, 0.3) is 5.91 Å². The number of halogens is 1. The van der Waals surface area contributed by atoms with Gasteiger partial charge in [0, 0.05) is 44.5 Å². The van der Waals surface area contributed by atoms with Crippen LogP contribution in [0.2, 0.25) is 0 Å². The number of nitrogens with one attached hydrogen (secondary N) is 1. The van der Waals surface area contributed by atoms with E-state index in [2.05, 4.69) is 39.5 Å². The Bertz CT molecular complexity index is 859. The number of para-hydroxylation sites is 1. The molecule has 0 radical (unpaired) electrons. The summed E-state index contributed by atoms with van der Waals surface area (Å²) in [7, 11) is 1.82. The van der Waals surface area contributed by atoms with Crippen LogP contribution in [0.4, 0.5) is 5.69 Å². The Labute approximate surface area is 190 Å². The second-order valence-electron chi connectivity index (χ2n) is 7.48. The smallest absolute Gasteiger partial charge is 0.253 e. The van der Waals surface area contributed by atoms with Crippen molar-refractivity contribution in [2.24, 2.45) is 4.99 Å². The van der Waals surface area contributed by atoms with Crippen molar-refractivity contribution < 1.29 is 4.79 Å². The standard InChI is InChI=1S/C23H28N4O.HI/c1-24-23(27-16-13-19-7-3-4-8-21(19)27)25-17-18-9-11-20(12-10-18)22(28)26-14-5-2-6-15-26;/h3-4,7-12H,2,5-6,13-17H2,1H3,(H,24,25);1H. The molecule has 1 fully saturated rings. The van der Waals surface area contributed by atoms with Gasteiger partial charge in [-0.2, -0.15) is 0 Å². The molecule has 0 aliphatic carbocycles. The molecule has 0 spiro atoms. The number of hydrogen-bond acceptors (Lipinski definition) is 2. The average molecular weight is 504 g/mol. The molecule has 0 unspecified atom stereocenters. The van der Waals surface area contributed by atoms with E-state index in [0.717, 1.165) is 56.0 Å². The minimum absolute atomic E-state index is 0. The SMILES string of the molecule is CN=C(NCc1ccc(C(=O)N2CCCCC2)cc1)N1CCc2ccccc21.I. The Balaban J connectivity index is 0.00000240. The molecule has 1 amide bonds. The summed E-state index contributed by atoms with van der Waals surface area (Å²) in [4.78, 5) is 21.3. The quantitative estimate of drug-likeness (QED) is 0.390. The molecule has 1 N–H and O–H groups in total. The molecule has 154 valence electrons. The normalized spacial score (nSPS) is 16.2. The van der Waals surface area contributed by atoms with E-state index < -0.39 is 0 Å². The predicted octanol–water partition coefficient (Wildman–Crippen LogP) is 4.07. The lowest BCUT2D eigenvalue weighted by atomic mass is 10.1. The Morgan fingerprint density at radius 3 is 2.45 bits per heavy atom. The van der Waals surface area contributed by atoms with E-state index in [-0.39, 0.29) is 29.9 Å². The highest BCUT2D eigenvalue weighted by Gasteiger charge is 2.22. The van der Waals surface area contributed by atoms with Crippen LogP contribution in [-0.4, -0.2) is 43.4 Å². The van der Waals surface area contributed by atoms with Gasteiger partial charge in [-0.25, -0.2) is 0 Å². The highest BCUT2D eigenvalue weighted by molar-refractivity contribution is 14.0. The van der Waals surface area contributed by atoms with Crippen molar-refractivity contribution in [1.29, 1.82) is 0 Å². The number of guanidine groups is 1. The number of rotatable bonds is 3. The zero-order valence-electron chi connectivity index (χ0n) is 16.9. The molecular formula is C23H29IN4O. The van der Waals surface area contributed by atoms with E-state index in [1.165, 1.54) is 17.7 Å². The molecule has 1 saturated heterocycles. The molecular weight excluding hydrogens is 475 g/mol. The van der Waals surface area contributed by atoms with Crippen molar-refractivity contribution in [2.45, 2.75) is 32.2 Å². The van der Waals surface area contributed by atoms with E-state index in [0.29, 0.717) is 6.54 Å². The van der Waals surface area contributed by atoms with Crippen LogP contribution in [0.1, 0.15) is 40.7 Å². The van der Waals surface area contributed by atoms with Gasteiger partial charge in [0.1, 0.15) is 0 Å². The van der Waals surface area contributed by atoms with Crippen molar-refractivity contribution in [2.75, 3.05) is 31.6 Å². The van der Waals surface area contributed by atoms with E-state index in [1.807, 2.05) is 36.2 Å². The van der Waals surface area contributed by atoms with E-state index >= 15 is 0 Å². The first-order valence-electron chi connectivity index (χ1n) is 10.2. The monoisotopic (exact) mass is 504 g/mol. The molecule has 2 aliphatic heterocycles. The number of hydrogen-bond donors (Lipinski definition) is 1. The van der Waals surface area contributed by atoms with Gasteiger partial charge in [-0.3, -0.25) is 9.79 Å². The number of carbonyl (C=O) groups excluding carboxylic acids is 1. The highest BCUT2D eigenvalue weighted by Crippen LogP contribution is 2.27. The highest BCUT2D eigenvalue weighted by atomic mass is 127. The summed E-state index contributed by atoms with van der Waals surface area (Å²) < 4.78 is 0. The molecule has 0 aromatic heterocycles. The summed E-state index contributed by atoms with van der Waals surface area (Å²) in [5, 5.41) is 3.46. The molecule has 6 heteroatoms. The van der Waals surface area contributed by atoms with Gasteiger partial charge < -0.3 is 15.1 Å². The lowest BCUT2D eigenvalue weighted by Gasteiger charge is -2.26.